The number of hydrogen-bond acceptors (Lipinski definition) is 2. The lowest BCUT2D eigenvalue weighted by molar-refractivity contribution is 0.249. The third-order valence-electron chi connectivity index (χ3n) is 2.57. The molecule has 0 aliphatic rings. The third kappa shape index (κ3) is 12.3. The van der Waals surface area contributed by atoms with Gasteiger partial charge in [-0.25, -0.2) is 0 Å². The lowest BCUT2D eigenvalue weighted by atomic mass is 10.1. The summed E-state index contributed by atoms with van der Waals surface area (Å²) in [7, 11) is 0. The van der Waals surface area contributed by atoms with Crippen LogP contribution in [-0.2, 0) is 0 Å². The van der Waals surface area contributed by atoms with E-state index < -0.39 is 5.44 Å². The molecule has 1 atom stereocenters. The van der Waals surface area contributed by atoms with Crippen LogP contribution in [0.1, 0.15) is 71.1 Å². The summed E-state index contributed by atoms with van der Waals surface area (Å²) in [4.78, 5) is 0. The van der Waals surface area contributed by atoms with E-state index in [-0.39, 0.29) is 0 Å². The van der Waals surface area contributed by atoms with Gasteiger partial charge in [0.05, 0.1) is 5.44 Å². The second-order valence-corrected chi connectivity index (χ2v) is 4.69. The fraction of sp³-hybridized carbons (Fsp3) is 1.00. The standard InChI is InChI=1S/C12H26OS/c1-2-3-4-5-6-7-8-9-10-11-12(13)14/h12-14H,2-11H2,1H3. The van der Waals surface area contributed by atoms with Gasteiger partial charge in [-0.2, -0.15) is 0 Å². The molecule has 0 bridgehead atoms. The molecule has 1 unspecified atom stereocenters. The Hall–Kier alpha value is 0.310. The smallest absolute Gasteiger partial charge is 0.0964 e. The van der Waals surface area contributed by atoms with Crippen molar-refractivity contribution in [2.24, 2.45) is 0 Å². The number of hydrogen-bond donors (Lipinski definition) is 2. The van der Waals surface area contributed by atoms with E-state index in [2.05, 4.69) is 19.6 Å². The second-order valence-electron chi connectivity index (χ2n) is 4.10. The van der Waals surface area contributed by atoms with Gasteiger partial charge in [-0.05, 0) is 6.42 Å². The molecule has 86 valence electrons. The quantitative estimate of drug-likeness (QED) is 0.320. The van der Waals surface area contributed by atoms with Crippen LogP contribution >= 0.6 is 12.6 Å². The molecule has 0 saturated carbocycles. The lowest BCUT2D eigenvalue weighted by Crippen LogP contribution is -1.94. The molecule has 0 rings (SSSR count). The van der Waals surface area contributed by atoms with Crippen molar-refractivity contribution in [2.75, 3.05) is 0 Å². The van der Waals surface area contributed by atoms with Crippen LogP contribution in [0.2, 0.25) is 0 Å². The minimum Gasteiger partial charge on any atom is -0.383 e. The zero-order valence-corrected chi connectivity index (χ0v) is 10.4. The van der Waals surface area contributed by atoms with Crippen molar-refractivity contribution in [2.45, 2.75) is 76.6 Å². The van der Waals surface area contributed by atoms with Gasteiger partial charge >= 0.3 is 0 Å². The predicted octanol–water partition coefficient (Wildman–Crippen LogP) is 4.16. The van der Waals surface area contributed by atoms with Crippen LogP contribution in [0.15, 0.2) is 0 Å². The monoisotopic (exact) mass is 218 g/mol. The van der Waals surface area contributed by atoms with Crippen molar-refractivity contribution in [1.82, 2.24) is 0 Å². The van der Waals surface area contributed by atoms with Gasteiger partial charge in [0, 0.05) is 0 Å². The molecule has 0 spiro atoms. The van der Waals surface area contributed by atoms with Crippen LogP contribution < -0.4 is 0 Å². The zero-order valence-electron chi connectivity index (χ0n) is 9.54. The van der Waals surface area contributed by atoms with Crippen LogP contribution in [-0.4, -0.2) is 10.5 Å². The van der Waals surface area contributed by atoms with Crippen LogP contribution in [0, 0.1) is 0 Å². The van der Waals surface area contributed by atoms with E-state index in [9.17, 15) is 0 Å². The molecule has 0 fully saturated rings. The van der Waals surface area contributed by atoms with E-state index in [1.54, 1.807) is 0 Å². The third-order valence-corrected chi connectivity index (χ3v) is 2.82. The first-order valence-corrected chi connectivity index (χ1v) is 6.65. The summed E-state index contributed by atoms with van der Waals surface area (Å²) >= 11 is 3.94. The van der Waals surface area contributed by atoms with E-state index in [0.717, 1.165) is 12.8 Å². The first-order valence-electron chi connectivity index (χ1n) is 6.13. The van der Waals surface area contributed by atoms with Gasteiger partial charge in [-0.3, -0.25) is 0 Å². The summed E-state index contributed by atoms with van der Waals surface area (Å²) in [5.74, 6) is 0. The molecule has 14 heavy (non-hydrogen) atoms. The predicted molar refractivity (Wildman–Crippen MR) is 66.8 cm³/mol. The molecule has 1 nitrogen and oxygen atoms in total. The summed E-state index contributed by atoms with van der Waals surface area (Å²) in [5, 5.41) is 8.92. The van der Waals surface area contributed by atoms with E-state index in [1.165, 1.54) is 51.4 Å². The highest BCUT2D eigenvalue weighted by Crippen LogP contribution is 2.11. The van der Waals surface area contributed by atoms with E-state index in [1.807, 2.05) is 0 Å². The summed E-state index contributed by atoms with van der Waals surface area (Å²) in [6, 6.07) is 0. The van der Waals surface area contributed by atoms with E-state index in [4.69, 9.17) is 5.11 Å². The molecular weight excluding hydrogens is 192 g/mol. The number of rotatable bonds is 10. The average molecular weight is 218 g/mol. The lowest BCUT2D eigenvalue weighted by Gasteiger charge is -2.03. The van der Waals surface area contributed by atoms with Crippen molar-refractivity contribution in [3.63, 3.8) is 0 Å². The van der Waals surface area contributed by atoms with Crippen LogP contribution in [0.25, 0.3) is 0 Å². The van der Waals surface area contributed by atoms with Gasteiger partial charge in [-0.1, -0.05) is 64.7 Å². The Morgan fingerprint density at radius 3 is 1.71 bits per heavy atom. The fourth-order valence-corrected chi connectivity index (χ4v) is 1.82. The van der Waals surface area contributed by atoms with Gasteiger partial charge < -0.3 is 5.11 Å². The molecule has 0 aliphatic carbocycles. The van der Waals surface area contributed by atoms with Crippen LogP contribution in [0.3, 0.4) is 0 Å². The molecule has 0 aromatic rings. The highest BCUT2D eigenvalue weighted by atomic mass is 32.1. The maximum atomic E-state index is 8.92. The average Bonchev–Trinajstić information content (AvgIpc) is 2.15. The van der Waals surface area contributed by atoms with E-state index >= 15 is 0 Å². The minimum absolute atomic E-state index is 0.403. The van der Waals surface area contributed by atoms with Crippen molar-refractivity contribution >= 4 is 12.6 Å². The number of thiol groups is 1. The summed E-state index contributed by atoms with van der Waals surface area (Å²) in [6.07, 6.45) is 12.9. The topological polar surface area (TPSA) is 20.2 Å². The van der Waals surface area contributed by atoms with Crippen molar-refractivity contribution in [1.29, 1.82) is 0 Å². The van der Waals surface area contributed by atoms with Gasteiger partial charge in [0.1, 0.15) is 0 Å². The first-order chi connectivity index (χ1) is 6.77. The maximum absolute atomic E-state index is 8.92. The highest BCUT2D eigenvalue weighted by Gasteiger charge is 1.96. The van der Waals surface area contributed by atoms with Crippen LogP contribution in [0.5, 0.6) is 0 Å². The summed E-state index contributed by atoms with van der Waals surface area (Å²) in [5.41, 5.74) is -0.403. The fourth-order valence-electron chi connectivity index (χ4n) is 1.64. The molecule has 0 heterocycles. The SMILES string of the molecule is CCCCCCCCCCCC(O)S. The summed E-state index contributed by atoms with van der Waals surface area (Å²) < 4.78 is 0. The molecule has 0 aromatic carbocycles. The number of aliphatic hydroxyl groups is 1. The molecular formula is C12H26OS. The zero-order chi connectivity index (χ0) is 10.6. The minimum atomic E-state index is -0.403. The van der Waals surface area contributed by atoms with Crippen molar-refractivity contribution < 1.29 is 5.11 Å². The Morgan fingerprint density at radius 2 is 1.29 bits per heavy atom. The van der Waals surface area contributed by atoms with Crippen molar-refractivity contribution in [3.8, 4) is 0 Å². The van der Waals surface area contributed by atoms with Gasteiger partial charge in [0.2, 0.25) is 0 Å². The normalized spacial score (nSPS) is 13.1. The number of unbranched alkanes of at least 4 members (excludes halogenated alkanes) is 8. The number of aliphatic hydroxyl groups excluding tert-OH is 1. The second kappa shape index (κ2) is 11.4. The Balaban J connectivity index is 2.85. The Morgan fingerprint density at radius 1 is 0.857 bits per heavy atom. The van der Waals surface area contributed by atoms with Gasteiger partial charge in [0.15, 0.2) is 0 Å². The molecule has 2 heteroatoms. The first kappa shape index (κ1) is 14.3. The Bertz CT molecular complexity index is 104. The molecule has 0 amide bonds. The van der Waals surface area contributed by atoms with Crippen molar-refractivity contribution in [3.05, 3.63) is 0 Å². The Kier molecular flexibility index (Phi) is 11.6. The van der Waals surface area contributed by atoms with Crippen LogP contribution in [0.4, 0.5) is 0 Å². The summed E-state index contributed by atoms with van der Waals surface area (Å²) in [6.45, 7) is 2.25. The van der Waals surface area contributed by atoms with Gasteiger partial charge in [-0.15, -0.1) is 12.6 Å². The largest absolute Gasteiger partial charge is 0.383 e. The Labute approximate surface area is 94.7 Å². The highest BCUT2D eigenvalue weighted by molar-refractivity contribution is 7.80. The van der Waals surface area contributed by atoms with Gasteiger partial charge in [0.25, 0.3) is 0 Å². The van der Waals surface area contributed by atoms with E-state index in [0.29, 0.717) is 0 Å². The molecule has 0 aromatic heterocycles. The maximum Gasteiger partial charge on any atom is 0.0964 e. The molecule has 1 N–H and O–H groups in total. The molecule has 0 saturated heterocycles. The molecule has 0 radical (unpaired) electrons. The molecule has 0 aliphatic heterocycles.